The van der Waals surface area contributed by atoms with Crippen molar-refractivity contribution in [2.24, 2.45) is 0 Å². The molecule has 1 aliphatic rings. The molecule has 100 valence electrons. The molecule has 3 rings (SSSR count). The molecule has 0 radical (unpaired) electrons. The van der Waals surface area contributed by atoms with E-state index in [1.54, 1.807) is 0 Å². The van der Waals surface area contributed by atoms with Crippen molar-refractivity contribution >= 4 is 32.7 Å². The molecule has 0 amide bonds. The fraction of sp³-hybridized carbons (Fsp3) is 0.429. The molecule has 1 saturated heterocycles. The Morgan fingerprint density at radius 3 is 3.00 bits per heavy atom. The van der Waals surface area contributed by atoms with Crippen molar-refractivity contribution in [3.63, 3.8) is 0 Å². The maximum Gasteiger partial charge on any atom is 0.112 e. The van der Waals surface area contributed by atoms with Gasteiger partial charge in [-0.1, -0.05) is 0 Å². The first-order valence-corrected chi connectivity index (χ1v) is 7.14. The summed E-state index contributed by atoms with van der Waals surface area (Å²) >= 11 is 3.43. The van der Waals surface area contributed by atoms with Crippen LogP contribution in [-0.4, -0.2) is 35.3 Å². The first-order valence-electron chi connectivity index (χ1n) is 6.34. The minimum atomic E-state index is -0.122. The largest absolute Gasteiger partial charge is 0.372 e. The molecule has 1 aliphatic heterocycles. The molecule has 1 fully saturated rings. The number of fused-ring (bicyclic) bond motifs is 1. The number of halogens is 1. The lowest BCUT2D eigenvalue weighted by atomic mass is 10.1. The van der Waals surface area contributed by atoms with E-state index in [1.165, 1.54) is 0 Å². The van der Waals surface area contributed by atoms with Crippen LogP contribution < -0.4 is 4.90 Å². The van der Waals surface area contributed by atoms with Crippen LogP contribution in [0.1, 0.15) is 13.8 Å². The van der Waals surface area contributed by atoms with E-state index < -0.39 is 0 Å². The molecule has 0 aliphatic carbocycles. The molecule has 19 heavy (non-hydrogen) atoms. The van der Waals surface area contributed by atoms with E-state index in [0.29, 0.717) is 0 Å². The molecule has 0 N–H and O–H groups in total. The third kappa shape index (κ3) is 2.58. The molecule has 0 spiro atoms. The van der Waals surface area contributed by atoms with Crippen molar-refractivity contribution in [2.45, 2.75) is 19.4 Å². The smallest absolute Gasteiger partial charge is 0.112 e. The van der Waals surface area contributed by atoms with Crippen LogP contribution >= 0.6 is 15.9 Å². The maximum absolute atomic E-state index is 5.76. The summed E-state index contributed by atoms with van der Waals surface area (Å²) in [4.78, 5) is 11.2. The average Bonchev–Trinajstić information content (AvgIpc) is 2.36. The van der Waals surface area contributed by atoms with Gasteiger partial charge in [0.25, 0.3) is 0 Å². The standard InChI is InChI=1S/C14H16BrN3O/c1-14(2)9-18(5-6-19-14)12-3-4-16-11-7-10(15)8-17-13(11)12/h3-4,7-8H,5-6,9H2,1-2H3. The van der Waals surface area contributed by atoms with E-state index >= 15 is 0 Å². The lowest BCUT2D eigenvalue weighted by molar-refractivity contribution is -0.0276. The van der Waals surface area contributed by atoms with Crippen LogP contribution in [-0.2, 0) is 4.74 Å². The van der Waals surface area contributed by atoms with Gasteiger partial charge < -0.3 is 9.64 Å². The number of hydrogen-bond donors (Lipinski definition) is 0. The summed E-state index contributed by atoms with van der Waals surface area (Å²) in [6.07, 6.45) is 3.66. The Morgan fingerprint density at radius 2 is 2.21 bits per heavy atom. The van der Waals surface area contributed by atoms with E-state index in [-0.39, 0.29) is 5.60 Å². The Balaban J connectivity index is 2.05. The SMILES string of the molecule is CC1(C)CN(c2ccnc3cc(Br)cnc23)CCO1. The molecule has 5 heteroatoms. The first-order chi connectivity index (χ1) is 9.05. The van der Waals surface area contributed by atoms with Crippen molar-refractivity contribution in [2.75, 3.05) is 24.6 Å². The quantitative estimate of drug-likeness (QED) is 0.809. The predicted molar refractivity (Wildman–Crippen MR) is 79.5 cm³/mol. The zero-order valence-corrected chi connectivity index (χ0v) is 12.6. The minimum Gasteiger partial charge on any atom is -0.372 e. The maximum atomic E-state index is 5.76. The summed E-state index contributed by atoms with van der Waals surface area (Å²) in [6.45, 7) is 6.73. The molecule has 0 bridgehead atoms. The number of ether oxygens (including phenoxy) is 1. The van der Waals surface area contributed by atoms with Gasteiger partial charge in [-0.3, -0.25) is 9.97 Å². The second kappa shape index (κ2) is 4.72. The first kappa shape index (κ1) is 12.8. The highest BCUT2D eigenvalue weighted by atomic mass is 79.9. The Bertz CT molecular complexity index is 615. The third-order valence-corrected chi connectivity index (χ3v) is 3.72. The summed E-state index contributed by atoms with van der Waals surface area (Å²) in [5, 5.41) is 0. The molecule has 3 heterocycles. The van der Waals surface area contributed by atoms with Crippen LogP contribution in [0.25, 0.3) is 11.0 Å². The van der Waals surface area contributed by atoms with Gasteiger partial charge in [-0.25, -0.2) is 0 Å². The molecule has 0 saturated carbocycles. The Labute approximate surface area is 120 Å². The number of morpholine rings is 1. The normalized spacial score (nSPS) is 18.8. The van der Waals surface area contributed by atoms with E-state index in [1.807, 2.05) is 24.5 Å². The van der Waals surface area contributed by atoms with Crippen molar-refractivity contribution in [3.8, 4) is 0 Å². The van der Waals surface area contributed by atoms with Crippen LogP contribution in [0.2, 0.25) is 0 Å². The molecular formula is C14H16BrN3O. The number of anilines is 1. The Morgan fingerprint density at radius 1 is 1.37 bits per heavy atom. The zero-order valence-electron chi connectivity index (χ0n) is 11.1. The Kier molecular flexibility index (Phi) is 3.19. The summed E-state index contributed by atoms with van der Waals surface area (Å²) in [5.41, 5.74) is 2.87. The van der Waals surface area contributed by atoms with Gasteiger partial charge in [-0.15, -0.1) is 0 Å². The topological polar surface area (TPSA) is 38.2 Å². The molecule has 0 unspecified atom stereocenters. The van der Waals surface area contributed by atoms with Gasteiger partial charge in [0.05, 0.1) is 23.4 Å². The molecule has 0 aromatic carbocycles. The highest BCUT2D eigenvalue weighted by Gasteiger charge is 2.28. The molecule has 2 aromatic rings. The van der Waals surface area contributed by atoms with Gasteiger partial charge in [0.2, 0.25) is 0 Å². The average molecular weight is 322 g/mol. The van der Waals surface area contributed by atoms with Crippen LogP contribution in [0, 0.1) is 0 Å². The fourth-order valence-corrected chi connectivity index (χ4v) is 2.79. The number of aromatic nitrogens is 2. The van der Waals surface area contributed by atoms with Crippen LogP contribution in [0.5, 0.6) is 0 Å². The van der Waals surface area contributed by atoms with Gasteiger partial charge in [-0.2, -0.15) is 0 Å². The summed E-state index contributed by atoms with van der Waals surface area (Å²) in [5.74, 6) is 0. The second-order valence-electron chi connectivity index (χ2n) is 5.38. The fourth-order valence-electron chi connectivity index (χ4n) is 2.47. The molecule has 2 aromatic heterocycles. The van der Waals surface area contributed by atoms with E-state index in [9.17, 15) is 0 Å². The second-order valence-corrected chi connectivity index (χ2v) is 6.30. The third-order valence-electron chi connectivity index (χ3n) is 3.29. The van der Waals surface area contributed by atoms with E-state index in [0.717, 1.165) is 40.9 Å². The van der Waals surface area contributed by atoms with E-state index in [2.05, 4.69) is 44.6 Å². The minimum absolute atomic E-state index is 0.122. The Hall–Kier alpha value is -1.20. The van der Waals surface area contributed by atoms with Crippen molar-refractivity contribution < 1.29 is 4.74 Å². The van der Waals surface area contributed by atoms with Crippen LogP contribution in [0.15, 0.2) is 29.0 Å². The van der Waals surface area contributed by atoms with Gasteiger partial charge in [-0.05, 0) is 41.9 Å². The summed E-state index contributed by atoms with van der Waals surface area (Å²) in [7, 11) is 0. The summed E-state index contributed by atoms with van der Waals surface area (Å²) < 4.78 is 6.71. The molecule has 0 atom stereocenters. The van der Waals surface area contributed by atoms with E-state index in [4.69, 9.17) is 4.74 Å². The van der Waals surface area contributed by atoms with Gasteiger partial charge in [0, 0.05) is 30.0 Å². The zero-order chi connectivity index (χ0) is 13.5. The van der Waals surface area contributed by atoms with Crippen LogP contribution in [0.3, 0.4) is 0 Å². The predicted octanol–water partition coefficient (Wildman–Crippen LogP) is 3.01. The number of hydrogen-bond acceptors (Lipinski definition) is 4. The van der Waals surface area contributed by atoms with Gasteiger partial charge in [0.15, 0.2) is 0 Å². The summed E-state index contributed by atoms with van der Waals surface area (Å²) in [6, 6.07) is 4.03. The van der Waals surface area contributed by atoms with Crippen LogP contribution in [0.4, 0.5) is 5.69 Å². The number of nitrogens with zero attached hydrogens (tertiary/aromatic N) is 3. The molecular weight excluding hydrogens is 306 g/mol. The van der Waals surface area contributed by atoms with Crippen molar-refractivity contribution in [1.29, 1.82) is 0 Å². The van der Waals surface area contributed by atoms with Gasteiger partial charge >= 0.3 is 0 Å². The van der Waals surface area contributed by atoms with Crippen molar-refractivity contribution in [1.82, 2.24) is 9.97 Å². The highest BCUT2D eigenvalue weighted by molar-refractivity contribution is 9.10. The monoisotopic (exact) mass is 321 g/mol. The molecule has 4 nitrogen and oxygen atoms in total. The van der Waals surface area contributed by atoms with Crippen molar-refractivity contribution in [3.05, 3.63) is 29.0 Å². The highest BCUT2D eigenvalue weighted by Crippen LogP contribution is 2.28. The lowest BCUT2D eigenvalue weighted by Gasteiger charge is -2.39. The lowest BCUT2D eigenvalue weighted by Crippen LogP contribution is -2.48. The van der Waals surface area contributed by atoms with Gasteiger partial charge in [0.1, 0.15) is 5.52 Å². The number of pyridine rings is 2. The number of rotatable bonds is 1.